The highest BCUT2D eigenvalue weighted by atomic mass is 32.2. The molecule has 2 aromatic carbocycles. The summed E-state index contributed by atoms with van der Waals surface area (Å²) in [5, 5.41) is 10.9. The Labute approximate surface area is 132 Å². The molecule has 102 valence electrons. The molecular formula is C17H12N2S2. The monoisotopic (exact) mass is 308 g/mol. The van der Waals surface area contributed by atoms with Gasteiger partial charge in [-0.25, -0.2) is 4.98 Å². The van der Waals surface area contributed by atoms with Gasteiger partial charge < -0.3 is 0 Å². The Bertz CT molecular complexity index is 755. The number of hydrogen-bond donors (Lipinski definition) is 0. The third-order valence-corrected chi connectivity index (χ3v) is 5.09. The van der Waals surface area contributed by atoms with Crippen molar-refractivity contribution in [1.29, 1.82) is 5.26 Å². The topological polar surface area (TPSA) is 36.7 Å². The molecule has 4 heteroatoms. The Morgan fingerprint density at radius 1 is 1.05 bits per heavy atom. The average Bonchev–Trinajstić information content (AvgIpc) is 3.03. The lowest BCUT2D eigenvalue weighted by atomic mass is 10.2. The van der Waals surface area contributed by atoms with Gasteiger partial charge in [0.15, 0.2) is 4.34 Å². The van der Waals surface area contributed by atoms with Crippen LogP contribution in [-0.4, -0.2) is 4.98 Å². The van der Waals surface area contributed by atoms with Gasteiger partial charge in [0.25, 0.3) is 0 Å². The molecule has 0 atom stereocenters. The van der Waals surface area contributed by atoms with Crippen molar-refractivity contribution in [3.63, 3.8) is 0 Å². The second kappa shape index (κ2) is 6.57. The number of thiazole rings is 1. The van der Waals surface area contributed by atoms with E-state index in [4.69, 9.17) is 5.26 Å². The van der Waals surface area contributed by atoms with Crippen LogP contribution in [0.5, 0.6) is 0 Å². The minimum absolute atomic E-state index is 0.698. The van der Waals surface area contributed by atoms with E-state index in [1.54, 1.807) is 23.1 Å². The van der Waals surface area contributed by atoms with E-state index in [-0.39, 0.29) is 0 Å². The van der Waals surface area contributed by atoms with E-state index < -0.39 is 0 Å². The highest BCUT2D eigenvalue weighted by molar-refractivity contribution is 8.00. The normalized spacial score (nSPS) is 10.2. The van der Waals surface area contributed by atoms with Crippen LogP contribution in [0.4, 0.5) is 0 Å². The van der Waals surface area contributed by atoms with E-state index in [2.05, 4.69) is 28.6 Å². The van der Waals surface area contributed by atoms with Crippen molar-refractivity contribution in [3.8, 4) is 17.3 Å². The highest BCUT2D eigenvalue weighted by Gasteiger charge is 2.05. The van der Waals surface area contributed by atoms with Gasteiger partial charge in [-0.15, -0.1) is 11.3 Å². The molecule has 0 aliphatic carbocycles. The molecule has 3 rings (SSSR count). The van der Waals surface area contributed by atoms with Crippen LogP contribution in [0.1, 0.15) is 11.1 Å². The minimum Gasteiger partial charge on any atom is -0.230 e. The fraction of sp³-hybridized carbons (Fsp3) is 0.0588. The number of nitrogens with zero attached hydrogens (tertiary/aromatic N) is 2. The zero-order chi connectivity index (χ0) is 14.5. The molecule has 0 bridgehead atoms. The number of nitriles is 1. The molecular weight excluding hydrogens is 296 g/mol. The first-order valence-electron chi connectivity index (χ1n) is 6.48. The van der Waals surface area contributed by atoms with Crippen LogP contribution in [0, 0.1) is 11.3 Å². The molecule has 0 saturated carbocycles. The molecule has 1 aromatic heterocycles. The third kappa shape index (κ3) is 3.52. The Morgan fingerprint density at radius 2 is 1.81 bits per heavy atom. The first kappa shape index (κ1) is 13.9. The third-order valence-electron chi connectivity index (χ3n) is 3.00. The summed E-state index contributed by atoms with van der Waals surface area (Å²) in [6.45, 7) is 0. The van der Waals surface area contributed by atoms with Gasteiger partial charge in [0.1, 0.15) is 0 Å². The highest BCUT2D eigenvalue weighted by Crippen LogP contribution is 2.30. The standard InChI is InChI=1S/C17H12N2S2/c18-10-13-6-8-14(9-7-13)11-20-17-19-16(12-21-17)15-4-2-1-3-5-15/h1-9,12H,11H2. The second-order valence-corrected chi connectivity index (χ2v) is 6.54. The molecule has 0 aliphatic rings. The predicted molar refractivity (Wildman–Crippen MR) is 88.3 cm³/mol. The molecule has 0 amide bonds. The summed E-state index contributed by atoms with van der Waals surface area (Å²) in [7, 11) is 0. The zero-order valence-corrected chi connectivity index (χ0v) is 12.8. The molecule has 2 nitrogen and oxygen atoms in total. The summed E-state index contributed by atoms with van der Waals surface area (Å²) < 4.78 is 1.07. The van der Waals surface area contributed by atoms with Gasteiger partial charge in [-0.1, -0.05) is 54.2 Å². The van der Waals surface area contributed by atoms with E-state index >= 15 is 0 Å². The second-order valence-electron chi connectivity index (χ2n) is 4.46. The minimum atomic E-state index is 0.698. The average molecular weight is 308 g/mol. The van der Waals surface area contributed by atoms with Gasteiger partial charge >= 0.3 is 0 Å². The number of aromatic nitrogens is 1. The quantitative estimate of drug-likeness (QED) is 0.638. The lowest BCUT2D eigenvalue weighted by Gasteiger charge is -1.99. The van der Waals surface area contributed by atoms with Crippen LogP contribution in [0.25, 0.3) is 11.3 Å². The molecule has 0 N–H and O–H groups in total. The van der Waals surface area contributed by atoms with Crippen molar-refractivity contribution < 1.29 is 0 Å². The van der Waals surface area contributed by atoms with Gasteiger partial charge in [-0.05, 0) is 17.7 Å². The number of benzene rings is 2. The molecule has 0 saturated heterocycles. The molecule has 0 spiro atoms. The van der Waals surface area contributed by atoms with Gasteiger partial charge in [-0.2, -0.15) is 5.26 Å². The molecule has 0 fully saturated rings. The molecule has 1 heterocycles. The van der Waals surface area contributed by atoms with Crippen molar-refractivity contribution in [2.24, 2.45) is 0 Å². The molecule has 3 aromatic rings. The van der Waals surface area contributed by atoms with E-state index in [1.165, 1.54) is 5.56 Å². The predicted octanol–water partition coefficient (Wildman–Crippen LogP) is 4.97. The van der Waals surface area contributed by atoms with Gasteiger partial charge in [0.05, 0.1) is 17.3 Å². The smallest absolute Gasteiger partial charge is 0.150 e. The fourth-order valence-electron chi connectivity index (χ4n) is 1.89. The fourth-order valence-corrected chi connectivity index (χ4v) is 3.68. The van der Waals surface area contributed by atoms with E-state index in [0.29, 0.717) is 5.56 Å². The molecule has 0 aliphatic heterocycles. The van der Waals surface area contributed by atoms with Crippen LogP contribution in [-0.2, 0) is 5.75 Å². The summed E-state index contributed by atoms with van der Waals surface area (Å²) in [6.07, 6.45) is 0. The van der Waals surface area contributed by atoms with Gasteiger partial charge in [0, 0.05) is 16.7 Å². The first-order chi connectivity index (χ1) is 10.3. The number of thioether (sulfide) groups is 1. The van der Waals surface area contributed by atoms with Crippen molar-refractivity contribution in [2.75, 3.05) is 0 Å². The van der Waals surface area contributed by atoms with Crippen LogP contribution in [0.2, 0.25) is 0 Å². The van der Waals surface area contributed by atoms with Crippen LogP contribution in [0.15, 0.2) is 64.3 Å². The first-order valence-corrected chi connectivity index (χ1v) is 8.34. The Morgan fingerprint density at radius 3 is 2.52 bits per heavy atom. The van der Waals surface area contributed by atoms with Crippen LogP contribution >= 0.6 is 23.1 Å². The van der Waals surface area contributed by atoms with E-state index in [1.807, 2.05) is 42.5 Å². The Balaban J connectivity index is 1.66. The summed E-state index contributed by atoms with van der Waals surface area (Å²) in [5.74, 6) is 0.869. The van der Waals surface area contributed by atoms with Crippen LogP contribution in [0.3, 0.4) is 0 Å². The van der Waals surface area contributed by atoms with E-state index in [0.717, 1.165) is 21.3 Å². The largest absolute Gasteiger partial charge is 0.230 e. The summed E-state index contributed by atoms with van der Waals surface area (Å²) in [6, 6.07) is 20.0. The van der Waals surface area contributed by atoms with Gasteiger partial charge in [0.2, 0.25) is 0 Å². The SMILES string of the molecule is N#Cc1ccc(CSc2nc(-c3ccccc3)cs2)cc1. The lowest BCUT2D eigenvalue weighted by Crippen LogP contribution is -1.82. The summed E-state index contributed by atoms with van der Waals surface area (Å²) in [4.78, 5) is 4.66. The summed E-state index contributed by atoms with van der Waals surface area (Å²) >= 11 is 3.40. The van der Waals surface area contributed by atoms with E-state index in [9.17, 15) is 0 Å². The maximum Gasteiger partial charge on any atom is 0.150 e. The maximum atomic E-state index is 8.78. The van der Waals surface area contributed by atoms with Gasteiger partial charge in [-0.3, -0.25) is 0 Å². The maximum absolute atomic E-state index is 8.78. The zero-order valence-electron chi connectivity index (χ0n) is 11.2. The number of rotatable bonds is 4. The van der Waals surface area contributed by atoms with Crippen molar-refractivity contribution >= 4 is 23.1 Å². The van der Waals surface area contributed by atoms with Crippen LogP contribution < -0.4 is 0 Å². The Hall–Kier alpha value is -2.09. The molecule has 0 unspecified atom stereocenters. The Kier molecular flexibility index (Phi) is 4.34. The van der Waals surface area contributed by atoms with Crippen molar-refractivity contribution in [2.45, 2.75) is 10.1 Å². The number of hydrogen-bond acceptors (Lipinski definition) is 4. The molecule has 0 radical (unpaired) electrons. The van der Waals surface area contributed by atoms with Crippen molar-refractivity contribution in [3.05, 3.63) is 71.1 Å². The van der Waals surface area contributed by atoms with Crippen molar-refractivity contribution in [1.82, 2.24) is 4.98 Å². The summed E-state index contributed by atoms with van der Waals surface area (Å²) in [5.41, 5.74) is 4.08. The lowest BCUT2D eigenvalue weighted by molar-refractivity contribution is 1.24. The molecule has 21 heavy (non-hydrogen) atoms.